The molecule has 1 N–H and O–H groups in total. The number of aromatic nitrogens is 1. The molecule has 98 valence electrons. The highest BCUT2D eigenvalue weighted by molar-refractivity contribution is 5.99. The molecule has 0 bridgehead atoms. The molecule has 0 atom stereocenters. The Morgan fingerprint density at radius 3 is 2.74 bits per heavy atom. The molecule has 2 heterocycles. The number of benzene rings is 1. The summed E-state index contributed by atoms with van der Waals surface area (Å²) in [7, 11) is 1.87. The predicted octanol–water partition coefficient (Wildman–Crippen LogP) is 2.51. The van der Waals surface area contributed by atoms with E-state index in [4.69, 9.17) is 0 Å². The van der Waals surface area contributed by atoms with Crippen LogP contribution < -0.4 is 5.32 Å². The molecule has 0 aliphatic carbocycles. The van der Waals surface area contributed by atoms with Gasteiger partial charge in [0.05, 0.1) is 5.52 Å². The van der Waals surface area contributed by atoms with Gasteiger partial charge in [0.2, 0.25) is 0 Å². The van der Waals surface area contributed by atoms with Gasteiger partial charge in [-0.2, -0.15) is 0 Å². The Labute approximate surface area is 112 Å². The number of carbonyl (C=O) groups is 1. The lowest BCUT2D eigenvalue weighted by atomic mass is 10.1. The fourth-order valence-corrected chi connectivity index (χ4v) is 2.57. The van der Waals surface area contributed by atoms with Crippen molar-refractivity contribution < 1.29 is 4.79 Å². The van der Waals surface area contributed by atoms with Gasteiger partial charge in [-0.05, 0) is 25.0 Å². The fourth-order valence-electron chi connectivity index (χ4n) is 2.57. The van der Waals surface area contributed by atoms with Gasteiger partial charge in [0.25, 0.3) is 5.91 Å². The number of fused-ring (bicyclic) bond motifs is 1. The van der Waals surface area contributed by atoms with Gasteiger partial charge in [-0.1, -0.05) is 18.2 Å². The molecule has 1 aliphatic rings. The second-order valence-corrected chi connectivity index (χ2v) is 4.82. The molecule has 1 amide bonds. The Bertz CT molecular complexity index is 618. The first-order valence-electron chi connectivity index (χ1n) is 6.66. The molecule has 3 rings (SSSR count). The molecule has 0 spiro atoms. The third-order valence-electron chi connectivity index (χ3n) is 3.60. The molecule has 0 radical (unpaired) electrons. The lowest BCUT2D eigenvalue weighted by Gasteiger charge is -2.16. The molecule has 1 aliphatic heterocycles. The van der Waals surface area contributed by atoms with Gasteiger partial charge >= 0.3 is 0 Å². The topological polar surface area (TPSA) is 45.2 Å². The molecule has 4 heteroatoms. The molecular weight excluding hydrogens is 238 g/mol. The molecule has 2 aromatic rings. The molecular formula is C15H17N3O. The largest absolute Gasteiger partial charge is 0.388 e. The molecule has 1 fully saturated rings. The fraction of sp³-hybridized carbons (Fsp3) is 0.333. The Hall–Kier alpha value is -2.10. The van der Waals surface area contributed by atoms with Crippen LogP contribution in [0.25, 0.3) is 10.9 Å². The van der Waals surface area contributed by atoms with E-state index >= 15 is 0 Å². The van der Waals surface area contributed by atoms with Crippen LogP contribution in [-0.4, -0.2) is 35.9 Å². The Morgan fingerprint density at radius 2 is 2.00 bits per heavy atom. The van der Waals surface area contributed by atoms with E-state index in [1.54, 1.807) is 0 Å². The van der Waals surface area contributed by atoms with E-state index < -0.39 is 0 Å². The number of carbonyl (C=O) groups excluding carboxylic acids is 1. The highest BCUT2D eigenvalue weighted by Crippen LogP contribution is 2.23. The smallest absolute Gasteiger partial charge is 0.272 e. The molecule has 1 saturated heterocycles. The summed E-state index contributed by atoms with van der Waals surface area (Å²) >= 11 is 0. The van der Waals surface area contributed by atoms with Crippen molar-refractivity contribution in [2.75, 3.05) is 25.5 Å². The first-order chi connectivity index (χ1) is 9.29. The molecule has 4 nitrogen and oxygen atoms in total. The van der Waals surface area contributed by atoms with Crippen molar-refractivity contribution in [3.05, 3.63) is 36.0 Å². The van der Waals surface area contributed by atoms with Gasteiger partial charge in [0.15, 0.2) is 0 Å². The average Bonchev–Trinajstić information content (AvgIpc) is 2.99. The van der Waals surface area contributed by atoms with Gasteiger partial charge in [-0.3, -0.25) is 4.79 Å². The van der Waals surface area contributed by atoms with Crippen LogP contribution in [0.2, 0.25) is 0 Å². The van der Waals surface area contributed by atoms with Crippen LogP contribution in [0.5, 0.6) is 0 Å². The summed E-state index contributed by atoms with van der Waals surface area (Å²) in [6, 6.07) is 9.73. The van der Waals surface area contributed by atoms with Gasteiger partial charge in [-0.25, -0.2) is 4.98 Å². The van der Waals surface area contributed by atoms with Crippen molar-refractivity contribution in [3.63, 3.8) is 0 Å². The number of rotatable bonds is 2. The normalized spacial score (nSPS) is 14.9. The van der Waals surface area contributed by atoms with Crippen LogP contribution in [0.15, 0.2) is 30.3 Å². The van der Waals surface area contributed by atoms with Crippen LogP contribution in [0.1, 0.15) is 23.3 Å². The quantitative estimate of drug-likeness (QED) is 0.896. The lowest BCUT2D eigenvalue weighted by molar-refractivity contribution is 0.0787. The van der Waals surface area contributed by atoms with E-state index in [0.29, 0.717) is 5.69 Å². The Morgan fingerprint density at radius 1 is 1.26 bits per heavy atom. The van der Waals surface area contributed by atoms with E-state index in [9.17, 15) is 4.79 Å². The summed E-state index contributed by atoms with van der Waals surface area (Å²) < 4.78 is 0. The summed E-state index contributed by atoms with van der Waals surface area (Å²) in [6.07, 6.45) is 2.19. The zero-order chi connectivity index (χ0) is 13.2. The van der Waals surface area contributed by atoms with Crippen molar-refractivity contribution in [1.82, 2.24) is 9.88 Å². The minimum Gasteiger partial charge on any atom is -0.388 e. The molecule has 1 aromatic carbocycles. The van der Waals surface area contributed by atoms with E-state index in [1.807, 2.05) is 42.3 Å². The Kier molecular flexibility index (Phi) is 3.07. The highest BCUT2D eigenvalue weighted by Gasteiger charge is 2.21. The van der Waals surface area contributed by atoms with E-state index in [2.05, 4.69) is 10.3 Å². The van der Waals surface area contributed by atoms with Crippen molar-refractivity contribution in [2.45, 2.75) is 12.8 Å². The monoisotopic (exact) mass is 255 g/mol. The molecule has 19 heavy (non-hydrogen) atoms. The third-order valence-corrected chi connectivity index (χ3v) is 3.60. The number of nitrogens with one attached hydrogen (secondary N) is 1. The second-order valence-electron chi connectivity index (χ2n) is 4.82. The van der Waals surface area contributed by atoms with Gasteiger partial charge in [0.1, 0.15) is 5.69 Å². The maximum Gasteiger partial charge on any atom is 0.272 e. The van der Waals surface area contributed by atoms with Crippen LogP contribution in [0.4, 0.5) is 5.69 Å². The van der Waals surface area contributed by atoms with Crippen LogP contribution in [0.3, 0.4) is 0 Å². The average molecular weight is 255 g/mol. The predicted molar refractivity (Wildman–Crippen MR) is 76.4 cm³/mol. The first kappa shape index (κ1) is 12.0. The van der Waals surface area contributed by atoms with E-state index in [0.717, 1.165) is 42.5 Å². The van der Waals surface area contributed by atoms with Crippen molar-refractivity contribution in [3.8, 4) is 0 Å². The second kappa shape index (κ2) is 4.88. The number of anilines is 1. The van der Waals surface area contributed by atoms with Crippen LogP contribution in [0, 0.1) is 0 Å². The summed E-state index contributed by atoms with van der Waals surface area (Å²) in [6.45, 7) is 1.70. The number of amides is 1. The maximum absolute atomic E-state index is 12.4. The summed E-state index contributed by atoms with van der Waals surface area (Å²) in [5.74, 6) is 0.0414. The number of likely N-dealkylation sites (tertiary alicyclic amines) is 1. The highest BCUT2D eigenvalue weighted by atomic mass is 16.2. The molecule has 0 unspecified atom stereocenters. The van der Waals surface area contributed by atoms with Crippen LogP contribution >= 0.6 is 0 Å². The zero-order valence-electron chi connectivity index (χ0n) is 11.0. The number of para-hydroxylation sites is 1. The van der Waals surface area contributed by atoms with E-state index in [1.165, 1.54) is 0 Å². The lowest BCUT2D eigenvalue weighted by Crippen LogP contribution is -2.28. The molecule has 0 saturated carbocycles. The van der Waals surface area contributed by atoms with Crippen molar-refractivity contribution in [2.24, 2.45) is 0 Å². The van der Waals surface area contributed by atoms with Gasteiger partial charge in [-0.15, -0.1) is 0 Å². The van der Waals surface area contributed by atoms with Gasteiger partial charge in [0, 0.05) is 31.2 Å². The van der Waals surface area contributed by atoms with E-state index in [-0.39, 0.29) is 5.91 Å². The number of nitrogens with zero attached hydrogens (tertiary/aromatic N) is 2. The Balaban J connectivity index is 2.06. The number of hydrogen-bond acceptors (Lipinski definition) is 3. The third kappa shape index (κ3) is 2.14. The summed E-state index contributed by atoms with van der Waals surface area (Å²) in [4.78, 5) is 18.8. The standard InChI is InChI=1S/C15H17N3O/c1-16-13-10-14(15(19)18-8-4-5-9-18)17-12-7-3-2-6-11(12)13/h2-3,6-7,10H,4-5,8-9H2,1H3,(H,16,17). The minimum atomic E-state index is 0.0414. The first-order valence-corrected chi connectivity index (χ1v) is 6.66. The minimum absolute atomic E-state index is 0.0414. The number of hydrogen-bond donors (Lipinski definition) is 1. The number of pyridine rings is 1. The molecule has 1 aromatic heterocycles. The van der Waals surface area contributed by atoms with Gasteiger partial charge < -0.3 is 10.2 Å². The van der Waals surface area contributed by atoms with Crippen LogP contribution in [-0.2, 0) is 0 Å². The summed E-state index contributed by atoms with van der Waals surface area (Å²) in [5, 5.41) is 4.19. The summed E-state index contributed by atoms with van der Waals surface area (Å²) in [5.41, 5.74) is 2.34. The van der Waals surface area contributed by atoms with Crippen molar-refractivity contribution >= 4 is 22.5 Å². The van der Waals surface area contributed by atoms with Crippen molar-refractivity contribution in [1.29, 1.82) is 0 Å². The zero-order valence-corrected chi connectivity index (χ0v) is 11.0. The maximum atomic E-state index is 12.4. The SMILES string of the molecule is CNc1cc(C(=O)N2CCCC2)nc2ccccc12.